The molecule has 0 spiro atoms. The average molecular weight is 361 g/mol. The van der Waals surface area contributed by atoms with Gasteiger partial charge in [-0.15, -0.1) is 22.7 Å². The van der Waals surface area contributed by atoms with Crippen LogP contribution >= 0.6 is 22.7 Å². The highest BCUT2D eigenvalue weighted by atomic mass is 32.1. The van der Waals surface area contributed by atoms with Crippen molar-refractivity contribution in [1.29, 1.82) is 0 Å². The van der Waals surface area contributed by atoms with Crippen LogP contribution in [0.2, 0.25) is 0 Å². The fourth-order valence-electron chi connectivity index (χ4n) is 3.23. The molecule has 0 amide bonds. The molecule has 25 heavy (non-hydrogen) atoms. The SMILES string of the molecule is Cc1ccc2c(c1)oc1cc(-c3ccc(-c4ccc(C)s4)s3)ccc12. The number of hydrogen-bond donors (Lipinski definition) is 0. The first kappa shape index (κ1) is 14.9. The Balaban J connectivity index is 1.61. The number of aryl methyl sites for hydroxylation is 2. The largest absolute Gasteiger partial charge is 0.456 e. The molecule has 0 radical (unpaired) electrons. The van der Waals surface area contributed by atoms with Gasteiger partial charge in [0.05, 0.1) is 0 Å². The third-order valence-electron chi connectivity index (χ3n) is 4.50. The van der Waals surface area contributed by atoms with Crippen LogP contribution in [0.3, 0.4) is 0 Å². The molecule has 0 aliphatic carbocycles. The molecule has 122 valence electrons. The summed E-state index contributed by atoms with van der Waals surface area (Å²) in [6, 6.07) is 21.8. The second kappa shape index (κ2) is 5.58. The molecule has 2 aromatic carbocycles. The van der Waals surface area contributed by atoms with Gasteiger partial charge < -0.3 is 4.42 Å². The van der Waals surface area contributed by atoms with E-state index >= 15 is 0 Å². The van der Waals surface area contributed by atoms with Gasteiger partial charge in [0.25, 0.3) is 0 Å². The summed E-state index contributed by atoms with van der Waals surface area (Å²) in [6.45, 7) is 4.25. The van der Waals surface area contributed by atoms with E-state index in [4.69, 9.17) is 4.42 Å². The molecule has 0 saturated heterocycles. The Bertz CT molecular complexity index is 1220. The van der Waals surface area contributed by atoms with Crippen molar-refractivity contribution in [3.8, 4) is 20.2 Å². The maximum absolute atomic E-state index is 6.10. The number of benzene rings is 2. The highest BCUT2D eigenvalue weighted by Crippen LogP contribution is 2.39. The highest BCUT2D eigenvalue weighted by Gasteiger charge is 2.11. The lowest BCUT2D eigenvalue weighted by Crippen LogP contribution is -1.72. The Morgan fingerprint density at radius 1 is 0.640 bits per heavy atom. The van der Waals surface area contributed by atoms with Gasteiger partial charge in [-0.25, -0.2) is 0 Å². The van der Waals surface area contributed by atoms with Crippen LogP contribution < -0.4 is 0 Å². The Kier molecular flexibility index (Phi) is 3.34. The van der Waals surface area contributed by atoms with E-state index < -0.39 is 0 Å². The zero-order valence-corrected chi connectivity index (χ0v) is 15.6. The van der Waals surface area contributed by atoms with E-state index in [1.807, 2.05) is 22.7 Å². The lowest BCUT2D eigenvalue weighted by atomic mass is 10.1. The van der Waals surface area contributed by atoms with Crippen molar-refractivity contribution in [2.45, 2.75) is 13.8 Å². The minimum Gasteiger partial charge on any atom is -0.456 e. The molecule has 5 rings (SSSR count). The molecule has 0 bridgehead atoms. The fourth-order valence-corrected chi connectivity index (χ4v) is 5.19. The molecule has 3 heteroatoms. The van der Waals surface area contributed by atoms with Crippen molar-refractivity contribution >= 4 is 44.6 Å². The normalized spacial score (nSPS) is 11.6. The Labute approximate surface area is 154 Å². The van der Waals surface area contributed by atoms with Crippen LogP contribution in [0.15, 0.2) is 65.1 Å². The van der Waals surface area contributed by atoms with Gasteiger partial charge in [-0.2, -0.15) is 0 Å². The summed E-state index contributed by atoms with van der Waals surface area (Å²) in [5, 5.41) is 2.37. The van der Waals surface area contributed by atoms with Crippen LogP contribution in [0, 0.1) is 13.8 Å². The predicted octanol–water partition coefficient (Wildman–Crippen LogP) is 7.66. The van der Waals surface area contributed by atoms with Crippen LogP contribution in [0.25, 0.3) is 42.1 Å². The molecule has 0 N–H and O–H groups in total. The molecule has 3 heterocycles. The zero-order chi connectivity index (χ0) is 17.0. The molecule has 1 nitrogen and oxygen atoms in total. The van der Waals surface area contributed by atoms with Crippen molar-refractivity contribution in [2.24, 2.45) is 0 Å². The molecule has 0 aliphatic rings. The second-order valence-corrected chi connectivity index (χ2v) is 8.76. The maximum atomic E-state index is 6.10. The number of hydrogen-bond acceptors (Lipinski definition) is 3. The van der Waals surface area contributed by atoms with Gasteiger partial charge in [0.2, 0.25) is 0 Å². The molecule has 5 aromatic rings. The van der Waals surface area contributed by atoms with Gasteiger partial charge in [-0.3, -0.25) is 0 Å². The fraction of sp³-hybridized carbons (Fsp3) is 0.0909. The molecule has 3 aromatic heterocycles. The van der Waals surface area contributed by atoms with Gasteiger partial charge >= 0.3 is 0 Å². The van der Waals surface area contributed by atoms with Crippen LogP contribution in [-0.2, 0) is 0 Å². The van der Waals surface area contributed by atoms with Crippen molar-refractivity contribution in [3.05, 3.63) is 71.1 Å². The highest BCUT2D eigenvalue weighted by molar-refractivity contribution is 7.23. The number of rotatable bonds is 2. The summed E-state index contributed by atoms with van der Waals surface area (Å²) in [7, 11) is 0. The van der Waals surface area contributed by atoms with Crippen molar-refractivity contribution in [3.63, 3.8) is 0 Å². The predicted molar refractivity (Wildman–Crippen MR) is 110 cm³/mol. The minimum absolute atomic E-state index is 0.958. The third-order valence-corrected chi connectivity index (χ3v) is 6.83. The lowest BCUT2D eigenvalue weighted by molar-refractivity contribution is 0.669. The molecular formula is C22H16OS2. The van der Waals surface area contributed by atoms with Crippen LogP contribution in [-0.4, -0.2) is 0 Å². The summed E-state index contributed by atoms with van der Waals surface area (Å²) in [5.74, 6) is 0. The summed E-state index contributed by atoms with van der Waals surface area (Å²) in [4.78, 5) is 5.30. The summed E-state index contributed by atoms with van der Waals surface area (Å²) in [5.41, 5.74) is 4.36. The van der Waals surface area contributed by atoms with Gasteiger partial charge in [-0.05, 0) is 67.4 Å². The zero-order valence-electron chi connectivity index (χ0n) is 14.0. The molecule has 0 fully saturated rings. The number of fused-ring (bicyclic) bond motifs is 3. The van der Waals surface area contributed by atoms with Crippen molar-refractivity contribution in [2.75, 3.05) is 0 Å². The van der Waals surface area contributed by atoms with E-state index in [2.05, 4.69) is 74.5 Å². The average Bonchev–Trinajstić information content (AvgIpc) is 3.30. The summed E-state index contributed by atoms with van der Waals surface area (Å²) < 4.78 is 6.10. The Hall–Kier alpha value is -2.36. The first-order valence-corrected chi connectivity index (χ1v) is 9.91. The van der Waals surface area contributed by atoms with Gasteiger partial charge in [0, 0.05) is 30.3 Å². The lowest BCUT2D eigenvalue weighted by Gasteiger charge is -1.97. The van der Waals surface area contributed by atoms with Gasteiger partial charge in [0.1, 0.15) is 11.2 Å². The van der Waals surface area contributed by atoms with E-state index in [-0.39, 0.29) is 0 Å². The summed E-state index contributed by atoms with van der Waals surface area (Å²) in [6.07, 6.45) is 0. The van der Waals surface area contributed by atoms with Crippen LogP contribution in [0.4, 0.5) is 0 Å². The first-order chi connectivity index (χ1) is 12.2. The third kappa shape index (κ3) is 2.51. The Morgan fingerprint density at radius 2 is 1.32 bits per heavy atom. The molecular weight excluding hydrogens is 344 g/mol. The minimum atomic E-state index is 0.958. The Morgan fingerprint density at radius 3 is 2.12 bits per heavy atom. The topological polar surface area (TPSA) is 13.1 Å². The van der Waals surface area contributed by atoms with E-state index in [0.29, 0.717) is 0 Å². The summed E-state index contributed by atoms with van der Waals surface area (Å²) >= 11 is 3.69. The standard InChI is InChI=1S/C22H16OS2/c1-13-3-6-16-17-7-5-15(12-19(17)23-18(16)11-13)20-9-10-22(25-20)21-8-4-14(2)24-21/h3-12H,1-2H3. The maximum Gasteiger partial charge on any atom is 0.136 e. The molecule has 0 aliphatic heterocycles. The van der Waals surface area contributed by atoms with E-state index in [1.165, 1.54) is 41.4 Å². The van der Waals surface area contributed by atoms with Crippen molar-refractivity contribution in [1.82, 2.24) is 0 Å². The second-order valence-electron chi connectivity index (χ2n) is 6.39. The van der Waals surface area contributed by atoms with E-state index in [9.17, 15) is 0 Å². The smallest absolute Gasteiger partial charge is 0.136 e. The van der Waals surface area contributed by atoms with Crippen LogP contribution in [0.1, 0.15) is 10.4 Å². The van der Waals surface area contributed by atoms with E-state index in [1.54, 1.807) is 0 Å². The number of thiophene rings is 2. The monoisotopic (exact) mass is 360 g/mol. The first-order valence-electron chi connectivity index (χ1n) is 8.27. The number of furan rings is 1. The molecule has 0 unspecified atom stereocenters. The van der Waals surface area contributed by atoms with Crippen molar-refractivity contribution < 1.29 is 4.42 Å². The molecule has 0 saturated carbocycles. The van der Waals surface area contributed by atoms with Gasteiger partial charge in [-0.1, -0.05) is 18.2 Å². The quantitative estimate of drug-likeness (QED) is 0.315. The molecule has 0 atom stereocenters. The van der Waals surface area contributed by atoms with Crippen LogP contribution in [0.5, 0.6) is 0 Å². The van der Waals surface area contributed by atoms with E-state index in [0.717, 1.165) is 11.2 Å². The van der Waals surface area contributed by atoms with Gasteiger partial charge in [0.15, 0.2) is 0 Å².